The van der Waals surface area contributed by atoms with E-state index in [4.69, 9.17) is 28.9 Å². The zero-order chi connectivity index (χ0) is 24.2. The van der Waals surface area contributed by atoms with Crippen molar-refractivity contribution in [1.29, 1.82) is 0 Å². The highest BCUT2D eigenvalue weighted by Gasteiger charge is 2.21. The van der Waals surface area contributed by atoms with Crippen LogP contribution in [0.5, 0.6) is 0 Å². The Morgan fingerprint density at radius 2 is 1.65 bits per heavy atom. The molecule has 4 rings (SSSR count). The summed E-state index contributed by atoms with van der Waals surface area (Å²) in [7, 11) is 0. The van der Waals surface area contributed by atoms with E-state index in [0.29, 0.717) is 23.0 Å². The van der Waals surface area contributed by atoms with E-state index < -0.39 is 0 Å². The quantitative estimate of drug-likeness (QED) is 0.496. The van der Waals surface area contributed by atoms with Gasteiger partial charge < -0.3 is 5.32 Å². The van der Waals surface area contributed by atoms with Crippen molar-refractivity contribution in [3.63, 3.8) is 0 Å². The summed E-state index contributed by atoms with van der Waals surface area (Å²) in [6, 6.07) is 16.1. The number of carbonyl (C=O) groups excluding carboxylic acids is 1. The largest absolute Gasteiger partial charge is 0.353 e. The molecule has 3 aromatic rings. The standard InChI is InChI=1S/C25H31ClN6OS/c1-18(2)27-23(33)16-29-12-14-30(15-13-29)17-31-25(34)32(22-10-4-19(3)5-11-22)24(28-31)20-6-8-21(26)9-7-20/h4-11,18H,12-17H2,1-3H3,(H,27,33). The molecule has 1 aliphatic rings. The van der Waals surface area contributed by atoms with E-state index in [1.165, 1.54) is 5.56 Å². The lowest BCUT2D eigenvalue weighted by Crippen LogP contribution is -2.50. The Hall–Kier alpha value is -2.52. The van der Waals surface area contributed by atoms with Crippen LogP contribution in [0.15, 0.2) is 48.5 Å². The smallest absolute Gasteiger partial charge is 0.234 e. The van der Waals surface area contributed by atoms with Gasteiger partial charge >= 0.3 is 0 Å². The fourth-order valence-corrected chi connectivity index (χ4v) is 4.48. The van der Waals surface area contributed by atoms with Gasteiger partial charge in [-0.1, -0.05) is 29.3 Å². The number of piperazine rings is 1. The molecule has 0 bridgehead atoms. The number of nitrogens with one attached hydrogen (secondary N) is 1. The Morgan fingerprint density at radius 3 is 2.26 bits per heavy atom. The molecule has 2 aromatic carbocycles. The van der Waals surface area contributed by atoms with Gasteiger partial charge in [0.2, 0.25) is 10.7 Å². The lowest BCUT2D eigenvalue weighted by Gasteiger charge is -2.34. The second kappa shape index (κ2) is 10.8. The van der Waals surface area contributed by atoms with Crippen molar-refractivity contribution in [2.24, 2.45) is 0 Å². The molecule has 1 saturated heterocycles. The van der Waals surface area contributed by atoms with E-state index >= 15 is 0 Å². The summed E-state index contributed by atoms with van der Waals surface area (Å²) in [5, 5.41) is 8.56. The van der Waals surface area contributed by atoms with Crippen LogP contribution in [0.1, 0.15) is 19.4 Å². The maximum absolute atomic E-state index is 12.1. The number of amides is 1. The number of aromatic nitrogens is 3. The van der Waals surface area contributed by atoms with Crippen LogP contribution in [-0.2, 0) is 11.5 Å². The maximum Gasteiger partial charge on any atom is 0.234 e. The molecule has 1 N–H and O–H groups in total. The third kappa shape index (κ3) is 5.93. The van der Waals surface area contributed by atoms with Gasteiger partial charge in [0.05, 0.1) is 13.2 Å². The van der Waals surface area contributed by atoms with Gasteiger partial charge in [-0.25, -0.2) is 4.68 Å². The number of aryl methyl sites for hydroxylation is 1. The van der Waals surface area contributed by atoms with Crippen LogP contribution in [0.4, 0.5) is 0 Å². The van der Waals surface area contributed by atoms with Crippen LogP contribution in [0.25, 0.3) is 17.1 Å². The molecule has 7 nitrogen and oxygen atoms in total. The van der Waals surface area contributed by atoms with Crippen molar-refractivity contribution < 1.29 is 4.79 Å². The van der Waals surface area contributed by atoms with Gasteiger partial charge in [-0.15, -0.1) is 5.10 Å². The number of rotatable bonds is 7. The van der Waals surface area contributed by atoms with E-state index in [2.05, 4.69) is 46.3 Å². The van der Waals surface area contributed by atoms with Gasteiger partial charge in [0.1, 0.15) is 0 Å². The van der Waals surface area contributed by atoms with Crippen molar-refractivity contribution in [2.45, 2.75) is 33.5 Å². The summed E-state index contributed by atoms with van der Waals surface area (Å²) in [4.78, 5) is 16.6. The van der Waals surface area contributed by atoms with Crippen LogP contribution >= 0.6 is 23.8 Å². The molecule has 0 spiro atoms. The first-order valence-corrected chi connectivity index (χ1v) is 12.4. The molecule has 34 heavy (non-hydrogen) atoms. The molecule has 2 heterocycles. The third-order valence-corrected chi connectivity index (χ3v) is 6.49. The molecule has 0 radical (unpaired) electrons. The highest BCUT2D eigenvalue weighted by Crippen LogP contribution is 2.25. The maximum atomic E-state index is 12.1. The fraction of sp³-hybridized carbons (Fsp3) is 0.400. The van der Waals surface area contributed by atoms with Gasteiger partial charge in [-0.3, -0.25) is 19.2 Å². The second-order valence-electron chi connectivity index (χ2n) is 9.04. The molecular weight excluding hydrogens is 468 g/mol. The highest BCUT2D eigenvalue weighted by atomic mass is 35.5. The predicted molar refractivity (Wildman–Crippen MR) is 139 cm³/mol. The number of benzene rings is 2. The normalized spacial score (nSPS) is 15.1. The number of hydrogen-bond donors (Lipinski definition) is 1. The molecule has 1 aromatic heterocycles. The topological polar surface area (TPSA) is 58.3 Å². The first kappa shape index (κ1) is 24.6. The molecule has 0 aliphatic carbocycles. The Morgan fingerprint density at radius 1 is 1.03 bits per heavy atom. The van der Waals surface area contributed by atoms with Crippen LogP contribution in [0, 0.1) is 11.7 Å². The molecule has 0 unspecified atom stereocenters. The average molecular weight is 499 g/mol. The average Bonchev–Trinajstić information content (AvgIpc) is 3.11. The minimum atomic E-state index is 0.0788. The summed E-state index contributed by atoms with van der Waals surface area (Å²) in [5.41, 5.74) is 3.12. The number of hydrogen-bond acceptors (Lipinski definition) is 5. The predicted octanol–water partition coefficient (Wildman–Crippen LogP) is 4.13. The molecule has 0 atom stereocenters. The summed E-state index contributed by atoms with van der Waals surface area (Å²) in [5.74, 6) is 0.865. The summed E-state index contributed by atoms with van der Waals surface area (Å²) in [6.45, 7) is 10.4. The van der Waals surface area contributed by atoms with Crippen molar-refractivity contribution in [3.05, 3.63) is 63.9 Å². The molecule has 180 valence electrons. The van der Waals surface area contributed by atoms with Crippen LogP contribution in [0.3, 0.4) is 0 Å². The van der Waals surface area contributed by atoms with E-state index in [1.807, 2.05) is 47.4 Å². The monoisotopic (exact) mass is 498 g/mol. The first-order chi connectivity index (χ1) is 16.3. The zero-order valence-corrected chi connectivity index (χ0v) is 21.4. The van der Waals surface area contributed by atoms with Crippen molar-refractivity contribution in [2.75, 3.05) is 32.7 Å². The highest BCUT2D eigenvalue weighted by molar-refractivity contribution is 7.71. The Kier molecular flexibility index (Phi) is 7.83. The van der Waals surface area contributed by atoms with E-state index in [-0.39, 0.29) is 11.9 Å². The minimum Gasteiger partial charge on any atom is -0.353 e. The zero-order valence-electron chi connectivity index (χ0n) is 19.9. The molecule has 1 amide bonds. The first-order valence-electron chi connectivity index (χ1n) is 11.6. The lowest BCUT2D eigenvalue weighted by molar-refractivity contribution is -0.123. The number of nitrogens with zero attached hydrogens (tertiary/aromatic N) is 5. The van der Waals surface area contributed by atoms with Gasteiger partial charge in [0.15, 0.2) is 5.82 Å². The van der Waals surface area contributed by atoms with Gasteiger partial charge in [-0.05, 0) is 69.4 Å². The molecule has 1 fully saturated rings. The van der Waals surface area contributed by atoms with Gasteiger partial charge in [-0.2, -0.15) is 0 Å². The van der Waals surface area contributed by atoms with Crippen molar-refractivity contribution >= 4 is 29.7 Å². The lowest BCUT2D eigenvalue weighted by atomic mass is 10.2. The molecule has 0 saturated carbocycles. The summed E-state index contributed by atoms with van der Waals surface area (Å²) < 4.78 is 4.55. The van der Waals surface area contributed by atoms with E-state index in [0.717, 1.165) is 43.3 Å². The molecule has 9 heteroatoms. The van der Waals surface area contributed by atoms with E-state index in [1.54, 1.807) is 0 Å². The number of carbonyl (C=O) groups is 1. The third-order valence-electron chi connectivity index (χ3n) is 5.85. The molecular formula is C25H31ClN6OS. The van der Waals surface area contributed by atoms with Crippen molar-refractivity contribution in [1.82, 2.24) is 29.5 Å². The van der Waals surface area contributed by atoms with Crippen molar-refractivity contribution in [3.8, 4) is 17.1 Å². The van der Waals surface area contributed by atoms with E-state index in [9.17, 15) is 4.79 Å². The minimum absolute atomic E-state index is 0.0788. The second-order valence-corrected chi connectivity index (χ2v) is 9.84. The fourth-order valence-electron chi connectivity index (χ4n) is 4.06. The Balaban J connectivity index is 1.53. The Bertz CT molecular complexity index is 1180. The van der Waals surface area contributed by atoms with Crippen LogP contribution < -0.4 is 5.32 Å². The van der Waals surface area contributed by atoms with Gasteiger partial charge in [0, 0.05) is 48.5 Å². The van der Waals surface area contributed by atoms with Crippen LogP contribution in [-0.4, -0.2) is 68.8 Å². The molecule has 1 aliphatic heterocycles. The SMILES string of the molecule is Cc1ccc(-n2c(-c3ccc(Cl)cc3)nn(CN3CCN(CC(=O)NC(C)C)CC3)c2=S)cc1. The van der Waals surface area contributed by atoms with Gasteiger partial charge in [0.25, 0.3) is 0 Å². The Labute approximate surface area is 210 Å². The summed E-state index contributed by atoms with van der Waals surface area (Å²) in [6.07, 6.45) is 0. The summed E-state index contributed by atoms with van der Waals surface area (Å²) >= 11 is 12.0. The number of halogens is 1. The van der Waals surface area contributed by atoms with Crippen LogP contribution in [0.2, 0.25) is 5.02 Å².